The van der Waals surface area contributed by atoms with Gasteiger partial charge in [0.2, 0.25) is 0 Å². The molecule has 1 atom stereocenters. The number of carbonyl (C=O) groups is 1. The summed E-state index contributed by atoms with van der Waals surface area (Å²) in [4.78, 5) is 21.1. The van der Waals surface area contributed by atoms with Gasteiger partial charge in [-0.3, -0.25) is 9.78 Å². The quantitative estimate of drug-likeness (QED) is 0.704. The van der Waals surface area contributed by atoms with Gasteiger partial charge in [-0.15, -0.1) is 0 Å². The van der Waals surface area contributed by atoms with Gasteiger partial charge >= 0.3 is 0 Å². The molecule has 2 aromatic carbocycles. The van der Waals surface area contributed by atoms with Crippen molar-refractivity contribution in [3.8, 4) is 6.07 Å². The fraction of sp³-hybridized carbons (Fsp3) is 0.100. The minimum absolute atomic E-state index is 0.266. The maximum Gasteiger partial charge on any atom is 0.252 e. The Kier molecular flexibility index (Phi) is 5.70. The predicted octanol–water partition coefficient (Wildman–Crippen LogP) is 4.48. The number of aromatic nitrogens is 2. The molecule has 0 bridgehead atoms. The van der Waals surface area contributed by atoms with Crippen molar-refractivity contribution in [2.45, 2.75) is 13.0 Å². The first-order valence-electron chi connectivity index (χ1n) is 8.02. The van der Waals surface area contributed by atoms with Gasteiger partial charge in [0.15, 0.2) is 0 Å². The molecule has 27 heavy (non-hydrogen) atoms. The van der Waals surface area contributed by atoms with Crippen LogP contribution in [0.3, 0.4) is 0 Å². The zero-order valence-electron chi connectivity index (χ0n) is 14.3. The van der Waals surface area contributed by atoms with Crippen LogP contribution in [0.2, 0.25) is 10.2 Å². The molecule has 0 fully saturated rings. The van der Waals surface area contributed by atoms with E-state index < -0.39 is 6.04 Å². The van der Waals surface area contributed by atoms with E-state index in [4.69, 9.17) is 28.5 Å². The molecule has 1 heterocycles. The predicted molar refractivity (Wildman–Crippen MR) is 104 cm³/mol. The highest BCUT2D eigenvalue weighted by Gasteiger charge is 2.20. The SMILES string of the molecule is Cc1cc(C(=O)NC(c2ccc(Cl)cc2)c2cnc(Cl)cn2)ccc1C#N. The van der Waals surface area contributed by atoms with E-state index in [9.17, 15) is 4.79 Å². The monoisotopic (exact) mass is 396 g/mol. The van der Waals surface area contributed by atoms with Crippen molar-refractivity contribution in [1.82, 2.24) is 15.3 Å². The van der Waals surface area contributed by atoms with Crippen LogP contribution in [0, 0.1) is 18.3 Å². The molecule has 134 valence electrons. The largest absolute Gasteiger partial charge is 0.339 e. The topological polar surface area (TPSA) is 78.7 Å². The summed E-state index contributed by atoms with van der Waals surface area (Å²) in [5, 5.41) is 12.9. The van der Waals surface area contributed by atoms with Crippen LogP contribution in [0.1, 0.15) is 38.8 Å². The normalized spacial score (nSPS) is 11.5. The molecule has 0 saturated carbocycles. The zero-order chi connectivity index (χ0) is 19.4. The molecule has 7 heteroatoms. The number of nitrogens with one attached hydrogen (secondary N) is 1. The average molecular weight is 397 g/mol. The van der Waals surface area contributed by atoms with Gasteiger partial charge in [-0.05, 0) is 48.4 Å². The number of nitrogens with zero attached hydrogens (tertiary/aromatic N) is 3. The fourth-order valence-electron chi connectivity index (χ4n) is 2.60. The Morgan fingerprint density at radius 3 is 2.44 bits per heavy atom. The lowest BCUT2D eigenvalue weighted by atomic mass is 10.0. The Morgan fingerprint density at radius 1 is 1.11 bits per heavy atom. The van der Waals surface area contributed by atoms with Crippen molar-refractivity contribution in [2.75, 3.05) is 0 Å². The van der Waals surface area contributed by atoms with Gasteiger partial charge in [-0.25, -0.2) is 4.98 Å². The van der Waals surface area contributed by atoms with E-state index in [1.54, 1.807) is 37.3 Å². The average Bonchev–Trinajstić information content (AvgIpc) is 2.67. The smallest absolute Gasteiger partial charge is 0.252 e. The van der Waals surface area contributed by atoms with Crippen LogP contribution < -0.4 is 5.32 Å². The van der Waals surface area contributed by atoms with Crippen molar-refractivity contribution < 1.29 is 4.79 Å². The van der Waals surface area contributed by atoms with Gasteiger partial charge in [0.05, 0.1) is 35.8 Å². The van der Waals surface area contributed by atoms with Crippen LogP contribution in [-0.4, -0.2) is 15.9 Å². The Labute approximate surface area is 166 Å². The van der Waals surface area contributed by atoms with E-state index in [1.165, 1.54) is 12.4 Å². The van der Waals surface area contributed by atoms with Crippen LogP contribution in [0.25, 0.3) is 0 Å². The molecule has 0 aliphatic rings. The van der Waals surface area contributed by atoms with Crippen LogP contribution >= 0.6 is 23.2 Å². The van der Waals surface area contributed by atoms with E-state index in [-0.39, 0.29) is 11.1 Å². The number of carbonyl (C=O) groups excluding carboxylic acids is 1. The summed E-state index contributed by atoms with van der Waals surface area (Å²) < 4.78 is 0. The van der Waals surface area contributed by atoms with Crippen molar-refractivity contribution in [3.63, 3.8) is 0 Å². The minimum Gasteiger partial charge on any atom is -0.339 e. The summed E-state index contributed by atoms with van der Waals surface area (Å²) in [6, 6.07) is 13.6. The molecule has 5 nitrogen and oxygen atoms in total. The molecule has 0 radical (unpaired) electrons. The second-order valence-corrected chi connectivity index (χ2v) is 6.69. The number of nitriles is 1. The van der Waals surface area contributed by atoms with E-state index >= 15 is 0 Å². The first-order chi connectivity index (χ1) is 13.0. The lowest BCUT2D eigenvalue weighted by Crippen LogP contribution is -2.30. The molecule has 1 amide bonds. The highest BCUT2D eigenvalue weighted by molar-refractivity contribution is 6.30. The van der Waals surface area contributed by atoms with Crippen molar-refractivity contribution in [1.29, 1.82) is 5.26 Å². The summed E-state index contributed by atoms with van der Waals surface area (Å²) in [7, 11) is 0. The standard InChI is InChI=1S/C20H14Cl2N4O/c1-12-8-14(2-3-15(12)9-23)20(27)26-19(13-4-6-16(21)7-5-13)17-10-25-18(22)11-24-17/h2-8,10-11,19H,1H3,(H,26,27). The molecular weight excluding hydrogens is 383 g/mol. The fourth-order valence-corrected chi connectivity index (χ4v) is 2.82. The van der Waals surface area contributed by atoms with E-state index in [1.807, 2.05) is 12.1 Å². The van der Waals surface area contributed by atoms with Gasteiger partial charge in [0, 0.05) is 10.6 Å². The first-order valence-corrected chi connectivity index (χ1v) is 8.78. The number of rotatable bonds is 4. The van der Waals surface area contributed by atoms with E-state index in [0.717, 1.165) is 11.1 Å². The molecule has 1 N–H and O–H groups in total. The molecule has 0 aliphatic heterocycles. The third kappa shape index (κ3) is 4.43. The number of hydrogen-bond acceptors (Lipinski definition) is 4. The number of amides is 1. The highest BCUT2D eigenvalue weighted by atomic mass is 35.5. The summed E-state index contributed by atoms with van der Waals surface area (Å²) in [5.41, 5.74) is 3.06. The third-order valence-corrected chi connectivity index (χ3v) is 4.47. The lowest BCUT2D eigenvalue weighted by molar-refractivity contribution is 0.0942. The Morgan fingerprint density at radius 2 is 1.85 bits per heavy atom. The van der Waals surface area contributed by atoms with Gasteiger partial charge < -0.3 is 5.32 Å². The van der Waals surface area contributed by atoms with Crippen LogP contribution in [0.15, 0.2) is 54.9 Å². The third-order valence-electron chi connectivity index (χ3n) is 4.02. The molecule has 0 aliphatic carbocycles. The lowest BCUT2D eigenvalue weighted by Gasteiger charge is -2.19. The number of benzene rings is 2. The van der Waals surface area contributed by atoms with Gasteiger partial charge in [-0.2, -0.15) is 5.26 Å². The summed E-state index contributed by atoms with van der Waals surface area (Å²) in [6.07, 6.45) is 2.95. The van der Waals surface area contributed by atoms with Crippen LogP contribution in [-0.2, 0) is 0 Å². The van der Waals surface area contributed by atoms with Gasteiger partial charge in [0.1, 0.15) is 5.15 Å². The zero-order valence-corrected chi connectivity index (χ0v) is 15.8. The van der Waals surface area contributed by atoms with E-state index in [2.05, 4.69) is 21.4 Å². The Balaban J connectivity index is 1.94. The number of halogens is 2. The summed E-state index contributed by atoms with van der Waals surface area (Å²) in [5.74, 6) is -0.292. The van der Waals surface area contributed by atoms with E-state index in [0.29, 0.717) is 21.8 Å². The molecule has 3 aromatic rings. The van der Waals surface area contributed by atoms with Gasteiger partial charge in [0.25, 0.3) is 5.91 Å². The van der Waals surface area contributed by atoms with Crippen LogP contribution in [0.4, 0.5) is 0 Å². The van der Waals surface area contributed by atoms with Crippen molar-refractivity contribution >= 4 is 29.1 Å². The molecule has 3 rings (SSSR count). The van der Waals surface area contributed by atoms with Crippen LogP contribution in [0.5, 0.6) is 0 Å². The Bertz CT molecular complexity index is 966. The maximum absolute atomic E-state index is 12.8. The number of aryl methyl sites for hydroxylation is 1. The van der Waals surface area contributed by atoms with Gasteiger partial charge in [-0.1, -0.05) is 35.3 Å². The highest BCUT2D eigenvalue weighted by Crippen LogP contribution is 2.23. The number of hydrogen-bond donors (Lipinski definition) is 1. The first kappa shape index (κ1) is 18.8. The van der Waals surface area contributed by atoms with Crippen molar-refractivity contribution in [3.05, 3.63) is 93.0 Å². The second kappa shape index (κ2) is 8.17. The molecular formula is C20H14Cl2N4O. The second-order valence-electron chi connectivity index (χ2n) is 5.86. The minimum atomic E-state index is -0.532. The summed E-state index contributed by atoms with van der Waals surface area (Å²) in [6.45, 7) is 1.79. The molecule has 0 saturated heterocycles. The molecule has 1 unspecified atom stereocenters. The molecule has 0 spiro atoms. The maximum atomic E-state index is 12.8. The summed E-state index contributed by atoms with van der Waals surface area (Å²) >= 11 is 11.8. The molecule has 1 aromatic heterocycles. The van der Waals surface area contributed by atoms with Crippen molar-refractivity contribution in [2.24, 2.45) is 0 Å². The Hall–Kier alpha value is -2.94.